The molecule has 2 unspecified atom stereocenters. The van der Waals surface area contributed by atoms with E-state index in [-0.39, 0.29) is 18.1 Å². The van der Waals surface area contributed by atoms with Gasteiger partial charge < -0.3 is 29.9 Å². The molecule has 0 saturated heterocycles. The molecular weight excluding hydrogens is 586 g/mol. The van der Waals surface area contributed by atoms with E-state index in [1.807, 2.05) is 66.7 Å². The van der Waals surface area contributed by atoms with E-state index in [2.05, 4.69) is 77.8 Å². The Morgan fingerprint density at radius 1 is 0.804 bits per heavy atom. The lowest BCUT2D eigenvalue weighted by Crippen LogP contribution is -2.35. The molecule has 1 aromatic heterocycles. The van der Waals surface area contributed by atoms with Gasteiger partial charge in [0.15, 0.2) is 0 Å². The van der Waals surface area contributed by atoms with Crippen LogP contribution in [0.2, 0.25) is 0 Å². The van der Waals surface area contributed by atoms with E-state index in [0.29, 0.717) is 24.7 Å². The topological polar surface area (TPSA) is 155 Å². The number of aliphatic hydroxyl groups excluding tert-OH is 1. The number of hydrogen-bond donors (Lipinski definition) is 4. The minimum atomic E-state index is -1.82. The Balaban J connectivity index is 0.000000731. The first-order valence-corrected chi connectivity index (χ1v) is 14.7. The number of nitrogens with zero attached hydrogens (tertiary/aromatic N) is 2. The fourth-order valence-corrected chi connectivity index (χ4v) is 4.70. The first kappa shape index (κ1) is 33.6. The summed E-state index contributed by atoms with van der Waals surface area (Å²) in [5.74, 6) is -1.91. The number of carbonyl (C=O) groups is 2. The number of benzene rings is 4. The lowest BCUT2D eigenvalue weighted by molar-refractivity contribution is -0.159. The second kappa shape index (κ2) is 16.1. The molecule has 10 heteroatoms. The smallest absolute Gasteiger partial charge is 0.414 e. The van der Waals surface area contributed by atoms with E-state index in [1.54, 1.807) is 0 Å². The van der Waals surface area contributed by atoms with Crippen LogP contribution >= 0.6 is 0 Å². The largest absolute Gasteiger partial charge is 0.491 e. The number of aliphatic carboxylic acids is 2. The van der Waals surface area contributed by atoms with Gasteiger partial charge in [0, 0.05) is 17.5 Å². The third kappa shape index (κ3) is 9.59. The summed E-state index contributed by atoms with van der Waals surface area (Å²) >= 11 is 0. The van der Waals surface area contributed by atoms with Gasteiger partial charge in [-0.05, 0) is 35.2 Å². The molecule has 5 rings (SSSR count). The highest BCUT2D eigenvalue weighted by atomic mass is 16.5. The number of aliphatic hydroxyl groups is 1. The normalized spacial score (nSPS) is 12.3. The third-order valence-electron chi connectivity index (χ3n) is 7.35. The van der Waals surface area contributed by atoms with Crippen molar-refractivity contribution in [2.45, 2.75) is 37.8 Å². The molecule has 0 saturated carbocycles. The second-order valence-corrected chi connectivity index (χ2v) is 11.1. The monoisotopic (exact) mass is 623 g/mol. The van der Waals surface area contributed by atoms with E-state index in [4.69, 9.17) is 29.1 Å². The molecule has 0 spiro atoms. The van der Waals surface area contributed by atoms with Crippen molar-refractivity contribution in [3.05, 3.63) is 138 Å². The summed E-state index contributed by atoms with van der Waals surface area (Å²) in [6.07, 6.45) is -0.0843. The molecule has 10 nitrogen and oxygen atoms in total. The molecule has 0 amide bonds. The van der Waals surface area contributed by atoms with Crippen molar-refractivity contribution in [2.24, 2.45) is 0 Å². The molecule has 1 heterocycles. The first-order valence-electron chi connectivity index (χ1n) is 14.7. The number of hydrogen-bond acceptors (Lipinski definition) is 8. The average Bonchev–Trinajstić information content (AvgIpc) is 3.58. The Kier molecular flexibility index (Phi) is 11.8. The Morgan fingerprint density at radius 3 is 1.93 bits per heavy atom. The van der Waals surface area contributed by atoms with Crippen LogP contribution in [-0.2, 0) is 21.4 Å². The highest BCUT2D eigenvalue weighted by Crippen LogP contribution is 2.32. The van der Waals surface area contributed by atoms with Gasteiger partial charge in [0.05, 0.1) is 6.04 Å². The standard InChI is InChI=1S/C34H35N3O3.C2H2O4/c1-34(2,27-16-10-5-11-17-27)28-18-20-30(21-19-28)39-24-29(38)23-35-31(22-25-12-6-3-7-13-25)33-36-32(37-40-33)26-14-8-4-9-15-26;3-1(4)2(5)6/h3-21,29,31,35,38H,22-24H2,1-2H3;(H,3,4)(H,5,6). The Morgan fingerprint density at radius 2 is 1.35 bits per heavy atom. The van der Waals surface area contributed by atoms with E-state index < -0.39 is 18.0 Å². The molecule has 0 aliphatic carbocycles. The SMILES string of the molecule is CC(C)(c1ccccc1)c1ccc(OCC(O)CNC(Cc2ccccc2)c2nc(-c3ccccc3)no2)cc1.O=C(O)C(=O)O. The molecule has 0 aliphatic heterocycles. The highest BCUT2D eigenvalue weighted by molar-refractivity contribution is 6.27. The van der Waals surface area contributed by atoms with Crippen LogP contribution in [0.15, 0.2) is 120 Å². The van der Waals surface area contributed by atoms with Crippen LogP contribution in [0.25, 0.3) is 11.4 Å². The van der Waals surface area contributed by atoms with Gasteiger partial charge in [-0.25, -0.2) is 9.59 Å². The van der Waals surface area contributed by atoms with Crippen molar-refractivity contribution >= 4 is 11.9 Å². The van der Waals surface area contributed by atoms with Gasteiger partial charge >= 0.3 is 11.9 Å². The zero-order chi connectivity index (χ0) is 32.9. The number of ether oxygens (including phenoxy) is 1. The molecule has 4 N–H and O–H groups in total. The van der Waals surface area contributed by atoms with Crippen LogP contribution in [0.5, 0.6) is 5.75 Å². The fourth-order valence-electron chi connectivity index (χ4n) is 4.70. The molecule has 238 valence electrons. The molecule has 0 fully saturated rings. The van der Waals surface area contributed by atoms with Gasteiger partial charge in [0.25, 0.3) is 0 Å². The lowest BCUT2D eigenvalue weighted by Gasteiger charge is -2.26. The minimum Gasteiger partial charge on any atom is -0.491 e. The highest BCUT2D eigenvalue weighted by Gasteiger charge is 2.23. The van der Waals surface area contributed by atoms with Crippen LogP contribution < -0.4 is 10.1 Å². The van der Waals surface area contributed by atoms with Crippen LogP contribution in [0.1, 0.15) is 42.5 Å². The zero-order valence-corrected chi connectivity index (χ0v) is 25.6. The number of rotatable bonds is 12. The van der Waals surface area contributed by atoms with Gasteiger partial charge in [-0.15, -0.1) is 0 Å². The fraction of sp³-hybridized carbons (Fsp3) is 0.222. The summed E-state index contributed by atoms with van der Waals surface area (Å²) in [6, 6.07) is 38.1. The molecule has 46 heavy (non-hydrogen) atoms. The third-order valence-corrected chi connectivity index (χ3v) is 7.35. The summed E-state index contributed by atoms with van der Waals surface area (Å²) < 4.78 is 11.6. The van der Waals surface area contributed by atoms with Crippen molar-refractivity contribution in [3.63, 3.8) is 0 Å². The molecular formula is C36H37N3O7. The number of nitrogens with one attached hydrogen (secondary N) is 1. The number of aromatic nitrogens is 2. The van der Waals surface area contributed by atoms with Crippen LogP contribution in [0, 0.1) is 0 Å². The number of carboxylic acid groups (broad SMARTS) is 2. The van der Waals surface area contributed by atoms with Gasteiger partial charge in [0.2, 0.25) is 11.7 Å². The summed E-state index contributed by atoms with van der Waals surface area (Å²) in [6.45, 7) is 4.89. The lowest BCUT2D eigenvalue weighted by atomic mass is 9.78. The van der Waals surface area contributed by atoms with Gasteiger partial charge in [0.1, 0.15) is 18.5 Å². The average molecular weight is 624 g/mol. The van der Waals surface area contributed by atoms with E-state index in [9.17, 15) is 5.11 Å². The van der Waals surface area contributed by atoms with Crippen molar-refractivity contribution < 1.29 is 34.2 Å². The second-order valence-electron chi connectivity index (χ2n) is 11.1. The quantitative estimate of drug-likeness (QED) is 0.130. The van der Waals surface area contributed by atoms with Crippen LogP contribution in [0.3, 0.4) is 0 Å². The van der Waals surface area contributed by atoms with Gasteiger partial charge in [-0.2, -0.15) is 4.98 Å². The maximum absolute atomic E-state index is 10.7. The van der Waals surface area contributed by atoms with Crippen molar-refractivity contribution in [1.29, 1.82) is 0 Å². The Labute approximate surface area is 267 Å². The Hall–Kier alpha value is -5.32. The van der Waals surface area contributed by atoms with Crippen LogP contribution in [-0.4, -0.2) is 56.7 Å². The van der Waals surface area contributed by atoms with Gasteiger partial charge in [-0.1, -0.05) is 122 Å². The van der Waals surface area contributed by atoms with E-state index in [0.717, 1.165) is 16.9 Å². The minimum absolute atomic E-state index is 0.119. The zero-order valence-electron chi connectivity index (χ0n) is 25.6. The predicted molar refractivity (Wildman–Crippen MR) is 172 cm³/mol. The molecule has 0 radical (unpaired) electrons. The number of carboxylic acids is 2. The molecule has 4 aromatic carbocycles. The predicted octanol–water partition coefficient (Wildman–Crippen LogP) is 5.53. The summed E-state index contributed by atoms with van der Waals surface area (Å²) in [5, 5.41) is 33.1. The maximum Gasteiger partial charge on any atom is 0.414 e. The van der Waals surface area contributed by atoms with E-state index in [1.165, 1.54) is 11.1 Å². The van der Waals surface area contributed by atoms with E-state index >= 15 is 0 Å². The molecule has 5 aromatic rings. The van der Waals surface area contributed by atoms with Crippen molar-refractivity contribution in [1.82, 2.24) is 15.5 Å². The van der Waals surface area contributed by atoms with Crippen molar-refractivity contribution in [3.8, 4) is 17.1 Å². The first-order chi connectivity index (χ1) is 22.1. The van der Waals surface area contributed by atoms with Crippen molar-refractivity contribution in [2.75, 3.05) is 13.2 Å². The molecule has 0 bridgehead atoms. The summed E-state index contributed by atoms with van der Waals surface area (Å²) in [4.78, 5) is 22.8. The molecule has 2 atom stereocenters. The van der Waals surface area contributed by atoms with Gasteiger partial charge in [-0.3, -0.25) is 0 Å². The maximum atomic E-state index is 10.7. The van der Waals surface area contributed by atoms with Crippen LogP contribution in [0.4, 0.5) is 0 Å². The summed E-state index contributed by atoms with van der Waals surface area (Å²) in [5.41, 5.74) is 4.36. The Bertz CT molecular complexity index is 1650. The summed E-state index contributed by atoms with van der Waals surface area (Å²) in [7, 11) is 0. The molecule has 0 aliphatic rings.